The molecule has 1 aromatic carbocycles. The molecule has 112 valence electrons. The van der Waals surface area contributed by atoms with Crippen LogP contribution in [0.2, 0.25) is 0 Å². The molecule has 0 saturated heterocycles. The second kappa shape index (κ2) is 7.21. The first kappa shape index (κ1) is 15.5. The number of hydrogen-bond donors (Lipinski definition) is 0. The number of rotatable bonds is 4. The third-order valence-electron chi connectivity index (χ3n) is 3.93. The summed E-state index contributed by atoms with van der Waals surface area (Å²) in [4.78, 5) is 15.1. The maximum Gasteiger partial charge on any atom is 0.120 e. The lowest BCUT2D eigenvalue weighted by Gasteiger charge is -2.20. The molecule has 1 aliphatic heterocycles. The summed E-state index contributed by atoms with van der Waals surface area (Å²) in [6, 6.07) is 10.9. The topological polar surface area (TPSA) is 34.9 Å². The van der Waals surface area contributed by atoms with E-state index in [4.69, 9.17) is 0 Å². The van der Waals surface area contributed by atoms with E-state index in [2.05, 4.69) is 40.7 Å². The standard InChI is InChI=1S/C16H18N2O.C2H6/c1-12-10-15-17-11-14(8-5-9-19)18(15)16(12)13-6-3-2-4-7-13;1-2/h2-4,6-7,9,11-12,16H,5,8,10H2,1H3;1-2H3. The fourth-order valence-electron chi connectivity index (χ4n) is 3.10. The number of hydrogen-bond acceptors (Lipinski definition) is 2. The van der Waals surface area contributed by atoms with E-state index in [1.54, 1.807) is 0 Å². The van der Waals surface area contributed by atoms with Crippen molar-refractivity contribution in [3.8, 4) is 0 Å². The van der Waals surface area contributed by atoms with Crippen LogP contribution in [0.5, 0.6) is 0 Å². The van der Waals surface area contributed by atoms with Crippen molar-refractivity contribution in [2.75, 3.05) is 0 Å². The molecule has 2 unspecified atom stereocenters. The van der Waals surface area contributed by atoms with E-state index in [0.29, 0.717) is 18.4 Å². The Bertz CT molecular complexity index is 574. The van der Waals surface area contributed by atoms with Gasteiger partial charge in [-0.05, 0) is 17.9 Å². The molecule has 21 heavy (non-hydrogen) atoms. The van der Waals surface area contributed by atoms with Gasteiger partial charge in [0.15, 0.2) is 0 Å². The quantitative estimate of drug-likeness (QED) is 0.800. The largest absolute Gasteiger partial charge is 0.324 e. The molecule has 1 aromatic heterocycles. The highest BCUT2D eigenvalue weighted by molar-refractivity contribution is 5.49. The van der Waals surface area contributed by atoms with E-state index in [1.165, 1.54) is 11.3 Å². The van der Waals surface area contributed by atoms with Crippen LogP contribution >= 0.6 is 0 Å². The molecule has 0 spiro atoms. The fraction of sp³-hybridized carbons (Fsp3) is 0.444. The molecule has 3 heteroatoms. The van der Waals surface area contributed by atoms with Gasteiger partial charge < -0.3 is 9.36 Å². The van der Waals surface area contributed by atoms with E-state index in [1.807, 2.05) is 26.1 Å². The Balaban J connectivity index is 0.000000774. The van der Waals surface area contributed by atoms with E-state index >= 15 is 0 Å². The Morgan fingerprint density at radius 3 is 2.67 bits per heavy atom. The van der Waals surface area contributed by atoms with Gasteiger partial charge >= 0.3 is 0 Å². The molecule has 0 aliphatic carbocycles. The maximum atomic E-state index is 10.6. The molecule has 0 bridgehead atoms. The molecule has 2 aromatic rings. The Labute approximate surface area is 127 Å². The van der Waals surface area contributed by atoms with E-state index in [9.17, 15) is 4.79 Å². The van der Waals surface area contributed by atoms with Crippen LogP contribution in [0.3, 0.4) is 0 Å². The minimum atomic E-state index is 0.361. The molecule has 2 atom stereocenters. The van der Waals surface area contributed by atoms with Gasteiger partial charge in [0, 0.05) is 24.7 Å². The summed E-state index contributed by atoms with van der Waals surface area (Å²) >= 11 is 0. The van der Waals surface area contributed by atoms with Gasteiger partial charge in [-0.3, -0.25) is 0 Å². The van der Waals surface area contributed by atoms with Gasteiger partial charge in [0.05, 0.1) is 6.04 Å². The smallest absolute Gasteiger partial charge is 0.120 e. The van der Waals surface area contributed by atoms with Crippen LogP contribution in [0.25, 0.3) is 0 Å². The number of aromatic nitrogens is 2. The van der Waals surface area contributed by atoms with Gasteiger partial charge in [-0.25, -0.2) is 4.98 Å². The number of carbonyl (C=O) groups is 1. The van der Waals surface area contributed by atoms with Crippen LogP contribution in [0.4, 0.5) is 0 Å². The molecule has 0 amide bonds. The van der Waals surface area contributed by atoms with Crippen LogP contribution in [0.15, 0.2) is 36.5 Å². The monoisotopic (exact) mass is 284 g/mol. The minimum Gasteiger partial charge on any atom is -0.324 e. The molecule has 3 nitrogen and oxygen atoms in total. The van der Waals surface area contributed by atoms with E-state index < -0.39 is 0 Å². The van der Waals surface area contributed by atoms with Crippen molar-refractivity contribution in [3.63, 3.8) is 0 Å². The van der Waals surface area contributed by atoms with Crippen molar-refractivity contribution in [3.05, 3.63) is 53.6 Å². The van der Waals surface area contributed by atoms with Crippen LogP contribution in [0, 0.1) is 5.92 Å². The lowest BCUT2D eigenvalue weighted by molar-refractivity contribution is -0.107. The zero-order valence-corrected chi connectivity index (χ0v) is 13.1. The number of carbonyl (C=O) groups excluding carboxylic acids is 1. The zero-order chi connectivity index (χ0) is 15.2. The molecule has 0 radical (unpaired) electrons. The summed E-state index contributed by atoms with van der Waals surface area (Å²) < 4.78 is 2.34. The zero-order valence-electron chi connectivity index (χ0n) is 13.1. The number of aryl methyl sites for hydroxylation is 1. The van der Waals surface area contributed by atoms with Crippen molar-refractivity contribution < 1.29 is 4.79 Å². The summed E-state index contributed by atoms with van der Waals surface area (Å²) in [5.74, 6) is 1.71. The number of benzene rings is 1. The highest BCUT2D eigenvalue weighted by atomic mass is 16.1. The normalized spacial score (nSPS) is 19.6. The maximum absolute atomic E-state index is 10.6. The summed E-state index contributed by atoms with van der Waals surface area (Å²) in [5, 5.41) is 0. The van der Waals surface area contributed by atoms with E-state index in [-0.39, 0.29) is 0 Å². The molecular formula is C18H24N2O. The SMILES string of the molecule is CC.CC1Cc2ncc(CCC=O)n2C1c1ccccc1. The summed E-state index contributed by atoms with van der Waals surface area (Å²) in [7, 11) is 0. The first-order valence-corrected chi connectivity index (χ1v) is 7.85. The second-order valence-electron chi connectivity index (χ2n) is 5.28. The van der Waals surface area contributed by atoms with Gasteiger partial charge in [-0.1, -0.05) is 51.1 Å². The molecule has 0 saturated carbocycles. The van der Waals surface area contributed by atoms with Crippen LogP contribution in [0.1, 0.15) is 50.3 Å². The number of aldehydes is 1. The fourth-order valence-corrected chi connectivity index (χ4v) is 3.10. The Morgan fingerprint density at radius 2 is 2.00 bits per heavy atom. The molecule has 3 rings (SSSR count). The molecule has 0 N–H and O–H groups in total. The van der Waals surface area contributed by atoms with Gasteiger partial charge in [0.2, 0.25) is 0 Å². The minimum absolute atomic E-state index is 0.361. The van der Waals surface area contributed by atoms with Crippen molar-refractivity contribution in [2.24, 2.45) is 5.92 Å². The van der Waals surface area contributed by atoms with Gasteiger partial charge in [0.25, 0.3) is 0 Å². The predicted octanol–water partition coefficient (Wildman–Crippen LogP) is 3.82. The average Bonchev–Trinajstić information content (AvgIpc) is 3.06. The average molecular weight is 284 g/mol. The Hall–Kier alpha value is -1.90. The number of fused-ring (bicyclic) bond motifs is 1. The Kier molecular flexibility index (Phi) is 5.32. The van der Waals surface area contributed by atoms with Gasteiger partial charge in [0.1, 0.15) is 12.1 Å². The number of imidazole rings is 1. The molecule has 2 heterocycles. The third-order valence-corrected chi connectivity index (χ3v) is 3.93. The van der Waals surface area contributed by atoms with E-state index in [0.717, 1.165) is 25.0 Å². The van der Waals surface area contributed by atoms with Crippen LogP contribution in [-0.4, -0.2) is 15.8 Å². The lowest BCUT2D eigenvalue weighted by atomic mass is 9.95. The number of nitrogens with zero attached hydrogens (tertiary/aromatic N) is 2. The summed E-state index contributed by atoms with van der Waals surface area (Å²) in [5.41, 5.74) is 2.51. The first-order valence-electron chi connectivity index (χ1n) is 7.85. The van der Waals surface area contributed by atoms with Crippen molar-refractivity contribution in [2.45, 2.75) is 46.1 Å². The predicted molar refractivity (Wildman–Crippen MR) is 85.4 cm³/mol. The first-order chi connectivity index (χ1) is 10.3. The second-order valence-corrected chi connectivity index (χ2v) is 5.28. The van der Waals surface area contributed by atoms with Crippen LogP contribution < -0.4 is 0 Å². The van der Waals surface area contributed by atoms with Crippen LogP contribution in [-0.2, 0) is 17.6 Å². The van der Waals surface area contributed by atoms with Crippen molar-refractivity contribution >= 4 is 6.29 Å². The third kappa shape index (κ3) is 3.07. The molecule has 1 aliphatic rings. The van der Waals surface area contributed by atoms with Crippen molar-refractivity contribution in [1.82, 2.24) is 9.55 Å². The molecule has 0 fully saturated rings. The summed E-state index contributed by atoms with van der Waals surface area (Å²) in [6.45, 7) is 6.27. The highest BCUT2D eigenvalue weighted by Gasteiger charge is 2.32. The Morgan fingerprint density at radius 1 is 1.29 bits per heavy atom. The van der Waals surface area contributed by atoms with Gasteiger partial charge in [-0.2, -0.15) is 0 Å². The lowest BCUT2D eigenvalue weighted by Crippen LogP contribution is -2.14. The van der Waals surface area contributed by atoms with Gasteiger partial charge in [-0.15, -0.1) is 0 Å². The van der Waals surface area contributed by atoms with Crippen molar-refractivity contribution in [1.29, 1.82) is 0 Å². The molecular weight excluding hydrogens is 260 g/mol. The summed E-state index contributed by atoms with van der Waals surface area (Å²) in [6.07, 6.45) is 5.28. The highest BCUT2D eigenvalue weighted by Crippen LogP contribution is 2.37.